The second-order valence-electron chi connectivity index (χ2n) is 4.39. The highest BCUT2D eigenvalue weighted by atomic mass is 16.5. The van der Waals surface area contributed by atoms with Gasteiger partial charge in [0.05, 0.1) is 7.11 Å². The maximum absolute atomic E-state index is 12.1. The molecule has 92 valence electrons. The zero-order valence-corrected chi connectivity index (χ0v) is 10.1. The second-order valence-corrected chi connectivity index (χ2v) is 4.39. The van der Waals surface area contributed by atoms with Crippen molar-refractivity contribution < 1.29 is 9.53 Å². The lowest BCUT2D eigenvalue weighted by Crippen LogP contribution is -2.50. The van der Waals surface area contributed by atoms with Crippen LogP contribution in [0.4, 0.5) is 0 Å². The van der Waals surface area contributed by atoms with E-state index >= 15 is 0 Å². The molecule has 4 nitrogen and oxygen atoms in total. The monoisotopic (exact) mass is 234 g/mol. The van der Waals surface area contributed by atoms with Gasteiger partial charge in [0.1, 0.15) is 5.75 Å². The third-order valence-electron chi connectivity index (χ3n) is 3.14. The average molecular weight is 234 g/mol. The van der Waals surface area contributed by atoms with Gasteiger partial charge in [-0.2, -0.15) is 0 Å². The lowest BCUT2D eigenvalue weighted by atomic mass is 9.95. The third kappa shape index (κ3) is 2.58. The molecule has 0 saturated carbocycles. The van der Waals surface area contributed by atoms with E-state index in [1.54, 1.807) is 13.2 Å². The van der Waals surface area contributed by atoms with Gasteiger partial charge < -0.3 is 15.4 Å². The van der Waals surface area contributed by atoms with E-state index in [0.29, 0.717) is 18.0 Å². The minimum absolute atomic E-state index is 0.0807. The molecule has 17 heavy (non-hydrogen) atoms. The van der Waals surface area contributed by atoms with Crippen LogP contribution in [0, 0.1) is 5.92 Å². The fourth-order valence-electron chi connectivity index (χ4n) is 2.09. The molecule has 0 radical (unpaired) electrons. The molecule has 1 amide bonds. The molecule has 1 aromatic rings. The SMILES string of the molecule is COc1cccc(C(=O)N2CC(CCN)C2)c1. The Morgan fingerprint density at radius 3 is 2.94 bits per heavy atom. The third-order valence-corrected chi connectivity index (χ3v) is 3.14. The van der Waals surface area contributed by atoms with Crippen molar-refractivity contribution in [1.82, 2.24) is 4.90 Å². The van der Waals surface area contributed by atoms with Crippen molar-refractivity contribution in [2.24, 2.45) is 11.7 Å². The molecule has 0 unspecified atom stereocenters. The van der Waals surface area contributed by atoms with Crippen molar-refractivity contribution >= 4 is 5.91 Å². The number of benzene rings is 1. The Hall–Kier alpha value is -1.55. The Bertz CT molecular complexity index is 400. The summed E-state index contributed by atoms with van der Waals surface area (Å²) in [5, 5.41) is 0. The summed E-state index contributed by atoms with van der Waals surface area (Å²) in [7, 11) is 1.60. The predicted octanol–water partition coefficient (Wildman–Crippen LogP) is 1.12. The van der Waals surface area contributed by atoms with E-state index in [2.05, 4.69) is 0 Å². The maximum atomic E-state index is 12.1. The van der Waals surface area contributed by atoms with Crippen LogP contribution in [-0.2, 0) is 0 Å². The van der Waals surface area contributed by atoms with Crippen LogP contribution in [0.15, 0.2) is 24.3 Å². The molecule has 1 aliphatic rings. The van der Waals surface area contributed by atoms with Crippen LogP contribution in [0.2, 0.25) is 0 Å². The topological polar surface area (TPSA) is 55.6 Å². The van der Waals surface area contributed by atoms with Gasteiger partial charge in [0.25, 0.3) is 5.91 Å². The number of rotatable bonds is 4. The lowest BCUT2D eigenvalue weighted by Gasteiger charge is -2.39. The van der Waals surface area contributed by atoms with Crippen LogP contribution in [0.25, 0.3) is 0 Å². The summed E-state index contributed by atoms with van der Waals surface area (Å²) in [4.78, 5) is 13.9. The Morgan fingerprint density at radius 1 is 1.53 bits per heavy atom. The van der Waals surface area contributed by atoms with Crippen molar-refractivity contribution in [3.63, 3.8) is 0 Å². The smallest absolute Gasteiger partial charge is 0.254 e. The Morgan fingerprint density at radius 2 is 2.29 bits per heavy atom. The van der Waals surface area contributed by atoms with Crippen LogP contribution in [0.3, 0.4) is 0 Å². The fourth-order valence-corrected chi connectivity index (χ4v) is 2.09. The van der Waals surface area contributed by atoms with Gasteiger partial charge in [-0.3, -0.25) is 4.79 Å². The Kier molecular flexibility index (Phi) is 3.64. The molecule has 1 fully saturated rings. The first-order chi connectivity index (χ1) is 8.24. The molecule has 2 rings (SSSR count). The number of nitrogens with zero attached hydrogens (tertiary/aromatic N) is 1. The number of hydrogen-bond donors (Lipinski definition) is 1. The van der Waals surface area contributed by atoms with Crippen molar-refractivity contribution in [3.8, 4) is 5.75 Å². The van der Waals surface area contributed by atoms with Crippen LogP contribution in [-0.4, -0.2) is 37.6 Å². The summed E-state index contributed by atoms with van der Waals surface area (Å²) in [5.41, 5.74) is 6.18. The zero-order chi connectivity index (χ0) is 12.3. The van der Waals surface area contributed by atoms with Crippen LogP contribution < -0.4 is 10.5 Å². The van der Waals surface area contributed by atoms with Gasteiger partial charge in [0, 0.05) is 18.7 Å². The number of amides is 1. The summed E-state index contributed by atoms with van der Waals surface area (Å²) in [6.45, 7) is 2.35. The number of hydrogen-bond acceptors (Lipinski definition) is 3. The molecule has 0 spiro atoms. The van der Waals surface area contributed by atoms with E-state index in [4.69, 9.17) is 10.5 Å². The van der Waals surface area contributed by atoms with Crippen LogP contribution in [0.1, 0.15) is 16.8 Å². The minimum Gasteiger partial charge on any atom is -0.497 e. The molecule has 0 bridgehead atoms. The lowest BCUT2D eigenvalue weighted by molar-refractivity contribution is 0.0489. The van der Waals surface area contributed by atoms with E-state index in [1.807, 2.05) is 23.1 Å². The average Bonchev–Trinajstić information content (AvgIpc) is 2.32. The summed E-state index contributed by atoms with van der Waals surface area (Å²) in [6.07, 6.45) is 1.00. The molecule has 0 aromatic heterocycles. The fraction of sp³-hybridized carbons (Fsp3) is 0.462. The minimum atomic E-state index is 0.0807. The van der Waals surface area contributed by atoms with Crippen molar-refractivity contribution in [2.45, 2.75) is 6.42 Å². The van der Waals surface area contributed by atoms with E-state index in [1.165, 1.54) is 0 Å². The number of ether oxygens (including phenoxy) is 1. The predicted molar refractivity (Wildman–Crippen MR) is 66.1 cm³/mol. The van der Waals surface area contributed by atoms with Crippen LogP contribution in [0.5, 0.6) is 5.75 Å². The van der Waals surface area contributed by atoms with E-state index in [0.717, 1.165) is 25.3 Å². The van der Waals surface area contributed by atoms with Gasteiger partial charge in [-0.1, -0.05) is 6.07 Å². The number of likely N-dealkylation sites (tertiary alicyclic amines) is 1. The summed E-state index contributed by atoms with van der Waals surface area (Å²) in [6, 6.07) is 7.27. The van der Waals surface area contributed by atoms with Crippen molar-refractivity contribution in [3.05, 3.63) is 29.8 Å². The van der Waals surface area contributed by atoms with Gasteiger partial charge in [-0.05, 0) is 37.1 Å². The first-order valence-corrected chi connectivity index (χ1v) is 5.88. The van der Waals surface area contributed by atoms with Crippen LogP contribution >= 0.6 is 0 Å². The van der Waals surface area contributed by atoms with Gasteiger partial charge in [-0.15, -0.1) is 0 Å². The summed E-state index contributed by atoms with van der Waals surface area (Å²) >= 11 is 0. The van der Waals surface area contributed by atoms with E-state index < -0.39 is 0 Å². The first kappa shape index (κ1) is 11.9. The zero-order valence-electron chi connectivity index (χ0n) is 10.1. The summed E-state index contributed by atoms with van der Waals surface area (Å²) < 4.78 is 5.11. The van der Waals surface area contributed by atoms with Gasteiger partial charge >= 0.3 is 0 Å². The molecule has 1 saturated heterocycles. The Labute approximate surface area is 101 Å². The molecule has 0 aliphatic carbocycles. The number of nitrogens with two attached hydrogens (primary N) is 1. The first-order valence-electron chi connectivity index (χ1n) is 5.88. The standard InChI is InChI=1S/C13H18N2O2/c1-17-12-4-2-3-11(7-12)13(16)15-8-10(9-15)5-6-14/h2-4,7,10H,5-6,8-9,14H2,1H3. The Balaban J connectivity index is 1.96. The van der Waals surface area contributed by atoms with Gasteiger partial charge in [0.15, 0.2) is 0 Å². The number of carbonyl (C=O) groups excluding carboxylic acids is 1. The molecule has 1 heterocycles. The molecule has 0 atom stereocenters. The molecule has 4 heteroatoms. The second kappa shape index (κ2) is 5.19. The van der Waals surface area contributed by atoms with Crippen molar-refractivity contribution in [1.29, 1.82) is 0 Å². The molecular weight excluding hydrogens is 216 g/mol. The highest BCUT2D eigenvalue weighted by Crippen LogP contribution is 2.22. The van der Waals surface area contributed by atoms with Gasteiger partial charge in [-0.25, -0.2) is 0 Å². The van der Waals surface area contributed by atoms with Crippen molar-refractivity contribution in [2.75, 3.05) is 26.7 Å². The quantitative estimate of drug-likeness (QED) is 0.849. The van der Waals surface area contributed by atoms with E-state index in [9.17, 15) is 4.79 Å². The number of carbonyl (C=O) groups is 1. The molecular formula is C13H18N2O2. The molecule has 2 N–H and O–H groups in total. The molecule has 1 aromatic carbocycles. The molecule has 1 aliphatic heterocycles. The summed E-state index contributed by atoms with van der Waals surface area (Å²) in [5.74, 6) is 1.38. The highest BCUT2D eigenvalue weighted by Gasteiger charge is 2.30. The normalized spacial score (nSPS) is 15.5. The largest absolute Gasteiger partial charge is 0.497 e. The van der Waals surface area contributed by atoms with E-state index in [-0.39, 0.29) is 5.91 Å². The maximum Gasteiger partial charge on any atom is 0.254 e. The highest BCUT2D eigenvalue weighted by molar-refractivity contribution is 5.95. The van der Waals surface area contributed by atoms with Gasteiger partial charge in [0.2, 0.25) is 0 Å². The number of methoxy groups -OCH3 is 1.